The summed E-state index contributed by atoms with van der Waals surface area (Å²) in [5.41, 5.74) is 0.0339. The highest BCUT2D eigenvalue weighted by molar-refractivity contribution is 6.33. The molecule has 5 nitrogen and oxygen atoms in total. The number of aliphatic hydroxyl groups is 1. The van der Waals surface area contributed by atoms with E-state index >= 15 is 0 Å². The minimum atomic E-state index is -1.07. The highest BCUT2D eigenvalue weighted by atomic mass is 35.5. The number of aromatic nitrogens is 1. The van der Waals surface area contributed by atoms with Gasteiger partial charge in [-0.05, 0) is 12.5 Å². The van der Waals surface area contributed by atoms with E-state index in [1.54, 1.807) is 0 Å². The van der Waals surface area contributed by atoms with Crippen LogP contribution in [-0.2, 0) is 0 Å². The maximum atomic E-state index is 10.6. The molecule has 0 bridgehead atoms. The molecule has 1 heterocycles. The number of carboxylic acids is 1. The van der Waals surface area contributed by atoms with Crippen molar-refractivity contribution in [3.05, 3.63) is 22.8 Å². The number of hydrogen-bond donors (Lipinski definition) is 3. The zero-order valence-corrected chi connectivity index (χ0v) is 9.53. The van der Waals surface area contributed by atoms with Crippen molar-refractivity contribution in [3.63, 3.8) is 0 Å². The van der Waals surface area contributed by atoms with Crippen LogP contribution in [0.1, 0.15) is 23.7 Å². The molecule has 0 aliphatic rings. The average molecular weight is 245 g/mol. The standard InChI is InChI=1S/C10H13ClN2O3/c1-2-7(14)5-13-9-8(11)3-6(4-12-9)10(15)16/h3-4,7,14H,2,5H2,1H3,(H,12,13)(H,15,16)/t7-/m1/s1. The fourth-order valence-corrected chi connectivity index (χ4v) is 1.28. The van der Waals surface area contributed by atoms with E-state index in [-0.39, 0.29) is 10.6 Å². The summed E-state index contributed by atoms with van der Waals surface area (Å²) in [6, 6.07) is 1.32. The summed E-state index contributed by atoms with van der Waals surface area (Å²) in [5, 5.41) is 21.1. The molecule has 0 aliphatic carbocycles. The van der Waals surface area contributed by atoms with E-state index in [9.17, 15) is 9.90 Å². The molecule has 88 valence electrons. The summed E-state index contributed by atoms with van der Waals surface area (Å²) in [6.07, 6.45) is 1.36. The highest BCUT2D eigenvalue weighted by Gasteiger charge is 2.09. The first-order valence-corrected chi connectivity index (χ1v) is 5.23. The Hall–Kier alpha value is -1.33. The predicted octanol–water partition coefficient (Wildman–Crippen LogP) is 1.62. The zero-order valence-electron chi connectivity index (χ0n) is 8.77. The van der Waals surface area contributed by atoms with Gasteiger partial charge in [-0.15, -0.1) is 0 Å². The lowest BCUT2D eigenvalue weighted by molar-refractivity contribution is 0.0696. The van der Waals surface area contributed by atoms with Gasteiger partial charge in [-0.1, -0.05) is 18.5 Å². The molecule has 0 saturated heterocycles. The Morgan fingerprint density at radius 1 is 1.69 bits per heavy atom. The van der Waals surface area contributed by atoms with E-state index in [0.29, 0.717) is 18.8 Å². The lowest BCUT2D eigenvalue weighted by atomic mass is 10.2. The van der Waals surface area contributed by atoms with E-state index in [2.05, 4.69) is 10.3 Å². The Bertz CT molecular complexity index is 384. The van der Waals surface area contributed by atoms with Gasteiger partial charge in [0.1, 0.15) is 5.82 Å². The SMILES string of the molecule is CC[C@@H](O)CNc1ncc(C(=O)O)cc1Cl. The fourth-order valence-electron chi connectivity index (χ4n) is 1.04. The maximum absolute atomic E-state index is 10.6. The number of pyridine rings is 1. The van der Waals surface area contributed by atoms with Crippen molar-refractivity contribution in [1.82, 2.24) is 4.98 Å². The van der Waals surface area contributed by atoms with Crippen LogP contribution in [0.2, 0.25) is 5.02 Å². The monoisotopic (exact) mass is 244 g/mol. The van der Waals surface area contributed by atoms with Crippen LogP contribution in [0.15, 0.2) is 12.3 Å². The van der Waals surface area contributed by atoms with Gasteiger partial charge in [0, 0.05) is 12.7 Å². The lowest BCUT2D eigenvalue weighted by Crippen LogP contribution is -2.19. The van der Waals surface area contributed by atoms with Crippen LogP contribution in [0.4, 0.5) is 5.82 Å². The molecule has 3 N–H and O–H groups in total. The van der Waals surface area contributed by atoms with Gasteiger partial charge in [-0.3, -0.25) is 0 Å². The van der Waals surface area contributed by atoms with Crippen molar-refractivity contribution in [2.24, 2.45) is 0 Å². The normalized spacial score (nSPS) is 12.2. The number of hydrogen-bond acceptors (Lipinski definition) is 4. The molecule has 0 radical (unpaired) electrons. The molecule has 1 atom stereocenters. The molecular formula is C10H13ClN2O3. The summed E-state index contributed by atoms with van der Waals surface area (Å²) in [7, 11) is 0. The van der Waals surface area contributed by atoms with Crippen molar-refractivity contribution in [2.75, 3.05) is 11.9 Å². The number of halogens is 1. The molecular weight excluding hydrogens is 232 g/mol. The molecule has 1 rings (SSSR count). The minimum Gasteiger partial charge on any atom is -0.478 e. The largest absolute Gasteiger partial charge is 0.478 e. The molecule has 1 aromatic heterocycles. The lowest BCUT2D eigenvalue weighted by Gasteiger charge is -2.11. The summed E-state index contributed by atoms with van der Waals surface area (Å²) in [5.74, 6) is -0.700. The maximum Gasteiger partial charge on any atom is 0.337 e. The van der Waals surface area contributed by atoms with Crippen molar-refractivity contribution in [2.45, 2.75) is 19.4 Å². The molecule has 0 amide bonds. The van der Waals surface area contributed by atoms with Gasteiger partial charge >= 0.3 is 5.97 Å². The van der Waals surface area contributed by atoms with Crippen molar-refractivity contribution >= 4 is 23.4 Å². The Balaban J connectivity index is 2.72. The van der Waals surface area contributed by atoms with Gasteiger partial charge in [-0.25, -0.2) is 9.78 Å². The number of anilines is 1. The van der Waals surface area contributed by atoms with Crippen LogP contribution in [0.3, 0.4) is 0 Å². The molecule has 16 heavy (non-hydrogen) atoms. The number of nitrogens with one attached hydrogen (secondary N) is 1. The van der Waals surface area contributed by atoms with Crippen LogP contribution in [0.5, 0.6) is 0 Å². The van der Waals surface area contributed by atoms with Crippen LogP contribution >= 0.6 is 11.6 Å². The van der Waals surface area contributed by atoms with Gasteiger partial charge in [0.2, 0.25) is 0 Å². The highest BCUT2D eigenvalue weighted by Crippen LogP contribution is 2.20. The van der Waals surface area contributed by atoms with Crippen LogP contribution in [-0.4, -0.2) is 33.8 Å². The van der Waals surface area contributed by atoms with Crippen LogP contribution in [0, 0.1) is 0 Å². The van der Waals surface area contributed by atoms with Gasteiger partial charge in [0.15, 0.2) is 0 Å². The number of nitrogens with zero attached hydrogens (tertiary/aromatic N) is 1. The first-order valence-electron chi connectivity index (χ1n) is 4.85. The average Bonchev–Trinajstić information content (AvgIpc) is 2.26. The van der Waals surface area contributed by atoms with E-state index in [0.717, 1.165) is 0 Å². The number of rotatable bonds is 5. The molecule has 0 unspecified atom stereocenters. The van der Waals surface area contributed by atoms with Gasteiger partial charge in [-0.2, -0.15) is 0 Å². The number of carboxylic acid groups (broad SMARTS) is 1. The Labute approximate surface area is 98.1 Å². The Morgan fingerprint density at radius 2 is 2.38 bits per heavy atom. The van der Waals surface area contributed by atoms with Gasteiger partial charge in [0.05, 0.1) is 16.7 Å². The molecule has 0 aromatic carbocycles. The second-order valence-corrected chi connectivity index (χ2v) is 3.71. The van der Waals surface area contributed by atoms with E-state index < -0.39 is 12.1 Å². The second kappa shape index (κ2) is 5.67. The van der Waals surface area contributed by atoms with E-state index in [1.165, 1.54) is 12.3 Å². The molecule has 0 saturated carbocycles. The van der Waals surface area contributed by atoms with E-state index in [4.69, 9.17) is 16.7 Å². The third kappa shape index (κ3) is 3.36. The zero-order chi connectivity index (χ0) is 12.1. The second-order valence-electron chi connectivity index (χ2n) is 3.30. The van der Waals surface area contributed by atoms with Gasteiger partial charge < -0.3 is 15.5 Å². The van der Waals surface area contributed by atoms with E-state index in [1.807, 2.05) is 6.92 Å². The van der Waals surface area contributed by atoms with Crippen LogP contribution < -0.4 is 5.32 Å². The van der Waals surface area contributed by atoms with Crippen LogP contribution in [0.25, 0.3) is 0 Å². The number of aromatic carboxylic acids is 1. The fraction of sp³-hybridized carbons (Fsp3) is 0.400. The molecule has 0 spiro atoms. The first kappa shape index (κ1) is 12.7. The smallest absolute Gasteiger partial charge is 0.337 e. The summed E-state index contributed by atoms with van der Waals surface area (Å²) in [4.78, 5) is 14.5. The topological polar surface area (TPSA) is 82.5 Å². The third-order valence-electron chi connectivity index (χ3n) is 2.06. The predicted molar refractivity (Wildman–Crippen MR) is 61.0 cm³/mol. The van der Waals surface area contributed by atoms with Crippen molar-refractivity contribution in [1.29, 1.82) is 0 Å². The molecule has 6 heteroatoms. The number of carbonyl (C=O) groups is 1. The van der Waals surface area contributed by atoms with Crippen molar-refractivity contribution in [3.8, 4) is 0 Å². The van der Waals surface area contributed by atoms with Crippen molar-refractivity contribution < 1.29 is 15.0 Å². The number of aliphatic hydroxyl groups excluding tert-OH is 1. The first-order chi connectivity index (χ1) is 7.54. The summed E-state index contributed by atoms with van der Waals surface area (Å²) >= 11 is 5.83. The minimum absolute atomic E-state index is 0.0339. The summed E-state index contributed by atoms with van der Waals surface area (Å²) in [6.45, 7) is 2.19. The Kier molecular flexibility index (Phi) is 4.52. The molecule has 0 aliphatic heterocycles. The molecule has 0 fully saturated rings. The molecule has 1 aromatic rings. The summed E-state index contributed by atoms with van der Waals surface area (Å²) < 4.78 is 0. The third-order valence-corrected chi connectivity index (χ3v) is 2.35. The van der Waals surface area contributed by atoms with Gasteiger partial charge in [0.25, 0.3) is 0 Å². The Morgan fingerprint density at radius 3 is 2.88 bits per heavy atom. The quantitative estimate of drug-likeness (QED) is 0.733.